The Labute approximate surface area is 143 Å². The summed E-state index contributed by atoms with van der Waals surface area (Å²) in [7, 11) is 0. The number of halogens is 2. The van der Waals surface area contributed by atoms with Crippen LogP contribution in [-0.2, 0) is 9.47 Å². The van der Waals surface area contributed by atoms with Gasteiger partial charge >= 0.3 is 0 Å². The van der Waals surface area contributed by atoms with E-state index in [2.05, 4.69) is 13.8 Å². The van der Waals surface area contributed by atoms with Gasteiger partial charge in [-0.05, 0) is 42.7 Å². The molecule has 1 aromatic rings. The van der Waals surface area contributed by atoms with Crippen LogP contribution in [0.25, 0.3) is 0 Å². The molecule has 0 N–H and O–H groups in total. The summed E-state index contributed by atoms with van der Waals surface area (Å²) in [5.74, 6) is 1.36. The highest BCUT2D eigenvalue weighted by Gasteiger charge is 2.34. The highest BCUT2D eigenvalue weighted by Crippen LogP contribution is 2.39. The molecule has 0 spiro atoms. The van der Waals surface area contributed by atoms with E-state index >= 15 is 0 Å². The van der Waals surface area contributed by atoms with Gasteiger partial charge in [-0.1, -0.05) is 33.1 Å². The molecule has 1 heterocycles. The van der Waals surface area contributed by atoms with Crippen molar-refractivity contribution in [3.63, 3.8) is 0 Å². The lowest BCUT2D eigenvalue weighted by Crippen LogP contribution is -2.35. The maximum Gasteiger partial charge on any atom is 0.186 e. The summed E-state index contributed by atoms with van der Waals surface area (Å²) in [6.45, 7) is 5.74. The first-order valence-corrected chi connectivity index (χ1v) is 9.26. The summed E-state index contributed by atoms with van der Waals surface area (Å²) in [4.78, 5) is 0. The molecule has 134 valence electrons. The summed E-state index contributed by atoms with van der Waals surface area (Å²) < 4.78 is 38.4. The van der Waals surface area contributed by atoms with E-state index in [0.717, 1.165) is 17.9 Å². The number of hydrogen-bond acceptors (Lipinski definition) is 2. The molecule has 1 aliphatic heterocycles. The lowest BCUT2D eigenvalue weighted by Gasteiger charge is -2.39. The van der Waals surface area contributed by atoms with Gasteiger partial charge in [0.15, 0.2) is 6.29 Å². The van der Waals surface area contributed by atoms with E-state index in [1.54, 1.807) is 0 Å². The molecule has 0 radical (unpaired) electrons. The monoisotopic (exact) mass is 338 g/mol. The number of hydrogen-bond donors (Lipinski definition) is 0. The Morgan fingerprint density at radius 2 is 1.71 bits per heavy atom. The summed E-state index contributed by atoms with van der Waals surface area (Å²) in [6.07, 6.45) is 5.84. The smallest absolute Gasteiger partial charge is 0.186 e. The zero-order valence-electron chi connectivity index (χ0n) is 14.6. The zero-order chi connectivity index (χ0) is 17.1. The third kappa shape index (κ3) is 3.97. The summed E-state index contributed by atoms with van der Waals surface area (Å²) in [5.41, 5.74) is 0.283. The van der Waals surface area contributed by atoms with Crippen molar-refractivity contribution in [2.75, 3.05) is 13.2 Å². The van der Waals surface area contributed by atoms with Crippen LogP contribution in [0.15, 0.2) is 18.2 Å². The fraction of sp³-hybridized carbons (Fsp3) is 0.700. The average Bonchev–Trinajstić information content (AvgIpc) is 2.61. The van der Waals surface area contributed by atoms with Gasteiger partial charge in [0.2, 0.25) is 0 Å². The Hall–Kier alpha value is -1.00. The molecule has 3 rings (SSSR count). The lowest BCUT2D eigenvalue weighted by atomic mass is 9.72. The van der Waals surface area contributed by atoms with Crippen LogP contribution in [0.3, 0.4) is 0 Å². The molecule has 24 heavy (non-hydrogen) atoms. The van der Waals surface area contributed by atoms with Crippen LogP contribution in [-0.4, -0.2) is 13.2 Å². The Balaban J connectivity index is 1.53. The highest BCUT2D eigenvalue weighted by atomic mass is 19.1. The van der Waals surface area contributed by atoms with Crippen LogP contribution in [0.5, 0.6) is 0 Å². The molecule has 1 aliphatic carbocycles. The number of ether oxygens (including phenoxy) is 2. The van der Waals surface area contributed by atoms with Gasteiger partial charge in [-0.15, -0.1) is 0 Å². The minimum Gasteiger partial charge on any atom is -0.348 e. The molecular formula is C20H28F2O2. The second kappa shape index (κ2) is 7.92. The van der Waals surface area contributed by atoms with E-state index in [0.29, 0.717) is 25.0 Å². The molecule has 1 unspecified atom stereocenters. The van der Waals surface area contributed by atoms with E-state index in [-0.39, 0.29) is 5.56 Å². The maximum absolute atomic E-state index is 13.9. The third-order valence-corrected chi connectivity index (χ3v) is 6.10. The SMILES string of the molecule is CCC1CCC(C(C)C2COC(c3ccc(F)cc3F)OC2)CC1. The van der Waals surface area contributed by atoms with Crippen LogP contribution in [0.2, 0.25) is 0 Å². The van der Waals surface area contributed by atoms with Gasteiger partial charge in [0, 0.05) is 17.5 Å². The first-order chi connectivity index (χ1) is 11.6. The van der Waals surface area contributed by atoms with Crippen molar-refractivity contribution in [3.05, 3.63) is 35.4 Å². The van der Waals surface area contributed by atoms with Gasteiger partial charge in [-0.3, -0.25) is 0 Å². The number of rotatable bonds is 4. The minimum absolute atomic E-state index is 0.283. The topological polar surface area (TPSA) is 18.5 Å². The van der Waals surface area contributed by atoms with Crippen LogP contribution < -0.4 is 0 Å². The van der Waals surface area contributed by atoms with Crippen LogP contribution in [0.4, 0.5) is 8.78 Å². The van der Waals surface area contributed by atoms with Gasteiger partial charge in [-0.2, -0.15) is 0 Å². The molecule has 4 heteroatoms. The van der Waals surface area contributed by atoms with Crippen molar-refractivity contribution in [1.29, 1.82) is 0 Å². The Kier molecular flexibility index (Phi) is 5.88. The normalized spacial score (nSPS) is 32.5. The van der Waals surface area contributed by atoms with E-state index in [9.17, 15) is 8.78 Å². The molecule has 0 amide bonds. The average molecular weight is 338 g/mol. The van der Waals surface area contributed by atoms with Crippen molar-refractivity contribution in [1.82, 2.24) is 0 Å². The van der Waals surface area contributed by atoms with Gasteiger partial charge in [0.1, 0.15) is 11.6 Å². The molecule has 1 saturated heterocycles. The van der Waals surface area contributed by atoms with Crippen molar-refractivity contribution < 1.29 is 18.3 Å². The van der Waals surface area contributed by atoms with Crippen LogP contribution >= 0.6 is 0 Å². The molecule has 2 fully saturated rings. The van der Waals surface area contributed by atoms with Gasteiger partial charge in [0.05, 0.1) is 13.2 Å². The van der Waals surface area contributed by atoms with E-state index in [1.165, 1.54) is 44.2 Å². The second-order valence-electron chi connectivity index (χ2n) is 7.47. The molecule has 1 aromatic carbocycles. The standard InChI is InChI=1S/C20H28F2O2/c1-3-14-4-6-15(7-5-14)13(2)16-11-23-20(24-12-16)18-9-8-17(21)10-19(18)22/h8-10,13-16,20H,3-7,11-12H2,1-2H3. The Morgan fingerprint density at radius 3 is 2.29 bits per heavy atom. The first-order valence-electron chi connectivity index (χ1n) is 9.26. The fourth-order valence-corrected chi connectivity index (χ4v) is 4.20. The number of benzene rings is 1. The molecule has 1 atom stereocenters. The predicted molar refractivity (Wildman–Crippen MR) is 89.4 cm³/mol. The summed E-state index contributed by atoms with van der Waals surface area (Å²) in [6, 6.07) is 3.53. The lowest BCUT2D eigenvalue weighted by molar-refractivity contribution is -0.216. The molecule has 1 saturated carbocycles. The molecule has 2 aliphatic rings. The molecule has 0 aromatic heterocycles. The fourth-order valence-electron chi connectivity index (χ4n) is 4.20. The quantitative estimate of drug-likeness (QED) is 0.724. The van der Waals surface area contributed by atoms with Crippen LogP contribution in [0, 0.1) is 35.3 Å². The van der Waals surface area contributed by atoms with Gasteiger partial charge in [-0.25, -0.2) is 8.78 Å². The Bertz CT molecular complexity index is 532. The van der Waals surface area contributed by atoms with Crippen LogP contribution in [0.1, 0.15) is 57.8 Å². The van der Waals surface area contributed by atoms with E-state index in [1.807, 2.05) is 0 Å². The van der Waals surface area contributed by atoms with E-state index < -0.39 is 17.9 Å². The zero-order valence-corrected chi connectivity index (χ0v) is 14.6. The third-order valence-electron chi connectivity index (χ3n) is 6.10. The van der Waals surface area contributed by atoms with Crippen molar-refractivity contribution in [3.8, 4) is 0 Å². The first kappa shape index (κ1) is 17.8. The summed E-state index contributed by atoms with van der Waals surface area (Å²) >= 11 is 0. The molecule has 0 bridgehead atoms. The van der Waals surface area contributed by atoms with E-state index in [4.69, 9.17) is 9.47 Å². The Morgan fingerprint density at radius 1 is 1.04 bits per heavy atom. The van der Waals surface area contributed by atoms with Gasteiger partial charge in [0.25, 0.3) is 0 Å². The maximum atomic E-state index is 13.9. The molecule has 2 nitrogen and oxygen atoms in total. The largest absolute Gasteiger partial charge is 0.348 e. The van der Waals surface area contributed by atoms with Crippen molar-refractivity contribution >= 4 is 0 Å². The summed E-state index contributed by atoms with van der Waals surface area (Å²) in [5, 5.41) is 0. The minimum atomic E-state index is -0.718. The van der Waals surface area contributed by atoms with Crippen molar-refractivity contribution in [2.24, 2.45) is 23.7 Å². The highest BCUT2D eigenvalue weighted by molar-refractivity contribution is 5.20. The molecular weight excluding hydrogens is 310 g/mol. The van der Waals surface area contributed by atoms with Gasteiger partial charge < -0.3 is 9.47 Å². The predicted octanol–water partition coefficient (Wildman–Crippen LogP) is 5.48. The second-order valence-corrected chi connectivity index (χ2v) is 7.47. The van der Waals surface area contributed by atoms with Crippen molar-refractivity contribution in [2.45, 2.75) is 52.2 Å².